The predicted molar refractivity (Wildman–Crippen MR) is 117 cm³/mol. The summed E-state index contributed by atoms with van der Waals surface area (Å²) in [5.41, 5.74) is 0.784. The first kappa shape index (κ1) is 25.5. The van der Waals surface area contributed by atoms with E-state index in [9.17, 15) is 27.9 Å². The Hall–Kier alpha value is -2.79. The fourth-order valence-electron chi connectivity index (χ4n) is 2.72. The van der Waals surface area contributed by atoms with Crippen LogP contribution in [0.2, 0.25) is 0 Å². The standard InChI is InChI=1S/C19H24N3O8PS/c1-4-29-31(26,30-5-2)18(15-8-10-16(11-9-15)22(24)25)20-19(23)21-32(27,28)17-12-6-14(3)7-13-17/h6-13,18H,4-5H2,1-3H3,(H2,20,21,23). The molecule has 0 saturated heterocycles. The summed E-state index contributed by atoms with van der Waals surface area (Å²) in [7, 11) is -8.24. The quantitative estimate of drug-likeness (QED) is 0.292. The topological polar surface area (TPSA) is 154 Å². The van der Waals surface area contributed by atoms with Gasteiger partial charge in [-0.05, 0) is 50.6 Å². The molecule has 0 radical (unpaired) electrons. The Morgan fingerprint density at radius 2 is 1.59 bits per heavy atom. The molecule has 0 aliphatic carbocycles. The summed E-state index contributed by atoms with van der Waals surface area (Å²) < 4.78 is 50.9. The first-order valence-corrected chi connectivity index (χ1v) is 12.6. The molecule has 1 atom stereocenters. The minimum atomic E-state index is -4.21. The average molecular weight is 485 g/mol. The van der Waals surface area contributed by atoms with Crippen LogP contribution >= 0.6 is 7.60 Å². The number of hydrogen-bond donors (Lipinski definition) is 2. The molecule has 1 unspecified atom stereocenters. The Labute approximate surface area is 185 Å². The number of amides is 2. The molecule has 174 valence electrons. The molecule has 2 aromatic carbocycles. The van der Waals surface area contributed by atoms with Crippen LogP contribution in [0, 0.1) is 17.0 Å². The lowest BCUT2D eigenvalue weighted by Gasteiger charge is -2.27. The number of urea groups is 1. The minimum Gasteiger partial charge on any atom is -0.319 e. The third-order valence-electron chi connectivity index (χ3n) is 4.18. The molecule has 0 aliphatic heterocycles. The molecule has 0 heterocycles. The fourth-order valence-corrected chi connectivity index (χ4v) is 5.54. The van der Waals surface area contributed by atoms with Crippen LogP contribution in [0.5, 0.6) is 0 Å². The van der Waals surface area contributed by atoms with Crippen LogP contribution in [0.4, 0.5) is 10.5 Å². The predicted octanol–water partition coefficient (Wildman–Crippen LogP) is 3.86. The van der Waals surface area contributed by atoms with Crippen LogP contribution in [-0.2, 0) is 23.6 Å². The number of carbonyl (C=O) groups excluding carboxylic acids is 1. The third-order valence-corrected chi connectivity index (χ3v) is 7.82. The van der Waals surface area contributed by atoms with Gasteiger partial charge < -0.3 is 14.4 Å². The van der Waals surface area contributed by atoms with E-state index in [2.05, 4.69) is 5.32 Å². The largest absolute Gasteiger partial charge is 0.357 e. The summed E-state index contributed by atoms with van der Waals surface area (Å²) in [6, 6.07) is 9.53. The molecule has 13 heteroatoms. The van der Waals surface area contributed by atoms with Crippen molar-refractivity contribution < 1.29 is 31.7 Å². The second kappa shape index (κ2) is 10.7. The Morgan fingerprint density at radius 3 is 2.06 bits per heavy atom. The first-order valence-electron chi connectivity index (χ1n) is 9.55. The number of aryl methyl sites for hydroxylation is 1. The van der Waals surface area contributed by atoms with Gasteiger partial charge in [-0.1, -0.05) is 17.7 Å². The SMILES string of the molecule is CCOP(=O)(OCC)C(NC(=O)NS(=O)(=O)c1ccc(C)cc1)c1ccc([N+](=O)[O-])cc1. The van der Waals surface area contributed by atoms with Crippen molar-refractivity contribution in [2.24, 2.45) is 0 Å². The smallest absolute Gasteiger partial charge is 0.319 e. The van der Waals surface area contributed by atoms with E-state index >= 15 is 0 Å². The van der Waals surface area contributed by atoms with E-state index in [1.54, 1.807) is 32.9 Å². The molecule has 2 amide bonds. The van der Waals surface area contributed by atoms with Gasteiger partial charge in [0.25, 0.3) is 15.7 Å². The van der Waals surface area contributed by atoms with Crippen molar-refractivity contribution in [2.75, 3.05) is 13.2 Å². The molecule has 0 aliphatic rings. The van der Waals surface area contributed by atoms with Crippen LogP contribution in [0.3, 0.4) is 0 Å². The van der Waals surface area contributed by atoms with Crippen LogP contribution in [-0.4, -0.2) is 32.6 Å². The van der Waals surface area contributed by atoms with Gasteiger partial charge >= 0.3 is 13.6 Å². The lowest BCUT2D eigenvalue weighted by Crippen LogP contribution is -2.41. The molecule has 2 N–H and O–H groups in total. The number of non-ortho nitro benzene ring substituents is 1. The Balaban J connectivity index is 2.36. The Morgan fingerprint density at radius 1 is 1.06 bits per heavy atom. The summed E-state index contributed by atoms with van der Waals surface area (Å²) in [5.74, 6) is -1.42. The van der Waals surface area contributed by atoms with E-state index in [4.69, 9.17) is 9.05 Å². The highest BCUT2D eigenvalue weighted by Gasteiger charge is 2.39. The van der Waals surface area contributed by atoms with Crippen molar-refractivity contribution in [2.45, 2.75) is 31.4 Å². The van der Waals surface area contributed by atoms with Gasteiger partial charge in [0, 0.05) is 12.1 Å². The van der Waals surface area contributed by atoms with Crippen molar-refractivity contribution in [1.82, 2.24) is 10.0 Å². The number of rotatable bonds is 10. The van der Waals surface area contributed by atoms with E-state index in [-0.39, 0.29) is 29.4 Å². The highest BCUT2D eigenvalue weighted by Crippen LogP contribution is 2.59. The van der Waals surface area contributed by atoms with Crippen molar-refractivity contribution in [3.63, 3.8) is 0 Å². The molecule has 32 heavy (non-hydrogen) atoms. The molecule has 11 nitrogen and oxygen atoms in total. The van der Waals surface area contributed by atoms with Gasteiger partial charge in [0.2, 0.25) is 0 Å². The maximum Gasteiger partial charge on any atom is 0.357 e. The highest BCUT2D eigenvalue weighted by atomic mass is 32.2. The zero-order valence-corrected chi connectivity index (χ0v) is 19.4. The van der Waals surface area contributed by atoms with E-state index in [1.807, 2.05) is 4.72 Å². The summed E-state index contributed by atoms with van der Waals surface area (Å²) in [4.78, 5) is 22.8. The average Bonchev–Trinajstić information content (AvgIpc) is 2.72. The van der Waals surface area contributed by atoms with Crippen molar-refractivity contribution >= 4 is 29.3 Å². The fraction of sp³-hybridized carbons (Fsp3) is 0.316. The summed E-state index contributed by atoms with van der Waals surface area (Å²) >= 11 is 0. The monoisotopic (exact) mass is 485 g/mol. The summed E-state index contributed by atoms with van der Waals surface area (Å²) in [6.45, 7) is 4.88. The second-order valence-electron chi connectivity index (χ2n) is 6.52. The molecular formula is C19H24N3O8PS. The zero-order valence-electron chi connectivity index (χ0n) is 17.7. The van der Waals surface area contributed by atoms with Gasteiger partial charge in [0.05, 0.1) is 23.0 Å². The van der Waals surface area contributed by atoms with Gasteiger partial charge in [-0.15, -0.1) is 0 Å². The number of nitro groups is 1. The maximum absolute atomic E-state index is 13.4. The van der Waals surface area contributed by atoms with Gasteiger partial charge in [0.15, 0.2) is 5.78 Å². The molecule has 0 saturated carbocycles. The molecule has 2 rings (SSSR count). The Kier molecular flexibility index (Phi) is 8.51. The van der Waals surface area contributed by atoms with E-state index in [1.165, 1.54) is 24.3 Å². The van der Waals surface area contributed by atoms with E-state index in [0.717, 1.165) is 17.7 Å². The van der Waals surface area contributed by atoms with Crippen LogP contribution in [0.15, 0.2) is 53.4 Å². The van der Waals surface area contributed by atoms with Gasteiger partial charge in [-0.3, -0.25) is 14.7 Å². The summed E-state index contributed by atoms with van der Waals surface area (Å²) in [5, 5.41) is 13.2. The van der Waals surface area contributed by atoms with Crippen LogP contribution in [0.1, 0.15) is 30.8 Å². The minimum absolute atomic E-state index is 0.0221. The maximum atomic E-state index is 13.4. The second-order valence-corrected chi connectivity index (χ2v) is 10.3. The normalized spacial score (nSPS) is 12.7. The van der Waals surface area contributed by atoms with Gasteiger partial charge in [0.1, 0.15) is 0 Å². The Bertz CT molecular complexity index is 1090. The lowest BCUT2D eigenvalue weighted by atomic mass is 10.2. The van der Waals surface area contributed by atoms with Gasteiger partial charge in [-0.2, -0.15) is 0 Å². The van der Waals surface area contributed by atoms with E-state index in [0.29, 0.717) is 0 Å². The number of nitrogens with one attached hydrogen (secondary N) is 2. The van der Waals surface area contributed by atoms with Crippen LogP contribution < -0.4 is 10.0 Å². The zero-order chi connectivity index (χ0) is 23.9. The number of hydrogen-bond acceptors (Lipinski definition) is 8. The summed E-state index contributed by atoms with van der Waals surface area (Å²) in [6.07, 6.45) is 0. The lowest BCUT2D eigenvalue weighted by molar-refractivity contribution is -0.384. The molecule has 0 fully saturated rings. The molecule has 0 aromatic heterocycles. The molecular weight excluding hydrogens is 461 g/mol. The highest BCUT2D eigenvalue weighted by molar-refractivity contribution is 7.90. The number of nitro benzene ring substituents is 1. The molecule has 0 spiro atoms. The van der Waals surface area contributed by atoms with Crippen molar-refractivity contribution in [3.05, 3.63) is 69.8 Å². The molecule has 2 aromatic rings. The number of nitrogens with zero attached hydrogens (tertiary/aromatic N) is 1. The first-order chi connectivity index (χ1) is 15.0. The van der Waals surface area contributed by atoms with Crippen LogP contribution in [0.25, 0.3) is 0 Å². The van der Waals surface area contributed by atoms with E-state index < -0.39 is 34.4 Å². The number of sulfonamides is 1. The third kappa shape index (κ3) is 6.36. The van der Waals surface area contributed by atoms with Crippen molar-refractivity contribution in [1.29, 1.82) is 0 Å². The molecule has 0 bridgehead atoms. The van der Waals surface area contributed by atoms with Crippen molar-refractivity contribution in [3.8, 4) is 0 Å². The number of benzene rings is 2. The number of carbonyl (C=O) groups is 1. The van der Waals surface area contributed by atoms with Gasteiger partial charge in [-0.25, -0.2) is 17.9 Å².